The summed E-state index contributed by atoms with van der Waals surface area (Å²) in [5.41, 5.74) is 0.374. The van der Waals surface area contributed by atoms with E-state index in [-0.39, 0.29) is 0 Å². The van der Waals surface area contributed by atoms with Gasteiger partial charge in [0.25, 0.3) is 0 Å². The fourth-order valence-electron chi connectivity index (χ4n) is 1.53. The third-order valence-corrected chi connectivity index (χ3v) is 2.84. The van der Waals surface area contributed by atoms with Crippen LogP contribution in [0.25, 0.3) is 0 Å². The fourth-order valence-corrected chi connectivity index (χ4v) is 2.01. The molecular weight excluding hydrogens is 249 g/mol. The fraction of sp³-hybridized carbons (Fsp3) is 0.364. The van der Waals surface area contributed by atoms with Crippen molar-refractivity contribution in [2.75, 3.05) is 6.61 Å². The van der Waals surface area contributed by atoms with Gasteiger partial charge in [0.2, 0.25) is 0 Å². The summed E-state index contributed by atoms with van der Waals surface area (Å²) in [6, 6.07) is 1.55. The monoisotopic (exact) mass is 259 g/mol. The van der Waals surface area contributed by atoms with Crippen LogP contribution < -0.4 is 0 Å². The highest BCUT2D eigenvalue weighted by atomic mass is 35.5. The Morgan fingerprint density at radius 1 is 1.44 bits per heavy atom. The Morgan fingerprint density at radius 2 is 2.25 bits per heavy atom. The van der Waals surface area contributed by atoms with Crippen LogP contribution in [0.1, 0.15) is 24.6 Å². The zero-order chi connectivity index (χ0) is 11.5. The quantitative estimate of drug-likeness (QED) is 0.888. The molecule has 2 rings (SSSR count). The van der Waals surface area contributed by atoms with Gasteiger partial charge in [-0.1, -0.05) is 23.2 Å². The maximum atomic E-state index is 10.0. The molecule has 0 fully saturated rings. The van der Waals surface area contributed by atoms with Crippen LogP contribution >= 0.6 is 23.2 Å². The number of hydrogen-bond acceptors (Lipinski definition) is 3. The second-order valence-electron chi connectivity index (χ2n) is 3.52. The summed E-state index contributed by atoms with van der Waals surface area (Å²) < 4.78 is 5.36. The predicted molar refractivity (Wildman–Crippen MR) is 62.5 cm³/mol. The van der Waals surface area contributed by atoms with Crippen molar-refractivity contribution < 1.29 is 9.84 Å². The van der Waals surface area contributed by atoms with Crippen molar-refractivity contribution >= 4 is 23.2 Å². The number of aromatic nitrogens is 1. The summed E-state index contributed by atoms with van der Waals surface area (Å²) >= 11 is 11.7. The molecule has 1 aromatic rings. The highest BCUT2D eigenvalue weighted by molar-refractivity contribution is 6.34. The molecule has 2 heterocycles. The number of hydrogen-bond donors (Lipinski definition) is 1. The van der Waals surface area contributed by atoms with E-state index in [0.29, 0.717) is 28.1 Å². The molecule has 1 atom stereocenters. The molecule has 1 N–H and O–H groups in total. The summed E-state index contributed by atoms with van der Waals surface area (Å²) in [7, 11) is 0. The molecule has 16 heavy (non-hydrogen) atoms. The molecule has 0 saturated heterocycles. The molecule has 86 valence electrons. The third kappa shape index (κ3) is 2.48. The van der Waals surface area contributed by atoms with Crippen LogP contribution in [0.4, 0.5) is 0 Å². The summed E-state index contributed by atoms with van der Waals surface area (Å²) in [5, 5.41) is 10.8. The molecule has 0 amide bonds. The lowest BCUT2D eigenvalue weighted by Crippen LogP contribution is -2.11. The summed E-state index contributed by atoms with van der Waals surface area (Å²) in [5.74, 6) is 0.517. The van der Waals surface area contributed by atoms with Crippen molar-refractivity contribution in [3.8, 4) is 0 Å². The topological polar surface area (TPSA) is 42.4 Å². The molecule has 0 spiro atoms. The molecule has 1 aliphatic rings. The first kappa shape index (κ1) is 11.7. The van der Waals surface area contributed by atoms with Gasteiger partial charge in [-0.3, -0.25) is 4.98 Å². The van der Waals surface area contributed by atoms with Crippen LogP contribution in [0.5, 0.6) is 0 Å². The summed E-state index contributed by atoms with van der Waals surface area (Å²) in [6.07, 6.45) is 4.27. The van der Waals surface area contributed by atoms with Crippen molar-refractivity contribution in [2.24, 2.45) is 0 Å². The van der Waals surface area contributed by atoms with E-state index in [0.717, 1.165) is 12.8 Å². The number of pyridine rings is 1. The van der Waals surface area contributed by atoms with Gasteiger partial charge in [0.1, 0.15) is 5.76 Å². The van der Waals surface area contributed by atoms with Gasteiger partial charge in [0, 0.05) is 6.20 Å². The Morgan fingerprint density at radius 3 is 2.88 bits per heavy atom. The molecule has 3 nitrogen and oxygen atoms in total. The van der Waals surface area contributed by atoms with Gasteiger partial charge in [0.15, 0.2) is 6.10 Å². The van der Waals surface area contributed by atoms with Gasteiger partial charge in [-0.2, -0.15) is 0 Å². The Balaban J connectivity index is 2.26. The van der Waals surface area contributed by atoms with Gasteiger partial charge in [-0.15, -0.1) is 0 Å². The zero-order valence-electron chi connectivity index (χ0n) is 8.49. The van der Waals surface area contributed by atoms with Crippen molar-refractivity contribution in [1.29, 1.82) is 0 Å². The van der Waals surface area contributed by atoms with E-state index in [1.807, 2.05) is 6.08 Å². The minimum absolute atomic E-state index is 0.343. The molecule has 0 aromatic carbocycles. The van der Waals surface area contributed by atoms with E-state index in [1.165, 1.54) is 6.20 Å². The van der Waals surface area contributed by atoms with Gasteiger partial charge in [0.05, 0.1) is 22.3 Å². The van der Waals surface area contributed by atoms with Crippen LogP contribution in [0.2, 0.25) is 10.0 Å². The van der Waals surface area contributed by atoms with Gasteiger partial charge < -0.3 is 9.84 Å². The molecule has 0 aliphatic carbocycles. The highest BCUT2D eigenvalue weighted by Gasteiger charge is 2.21. The lowest BCUT2D eigenvalue weighted by molar-refractivity contribution is 0.0895. The second kappa shape index (κ2) is 5.04. The van der Waals surface area contributed by atoms with Crippen molar-refractivity contribution in [3.63, 3.8) is 0 Å². The summed E-state index contributed by atoms with van der Waals surface area (Å²) in [4.78, 5) is 4.02. The van der Waals surface area contributed by atoms with E-state index in [2.05, 4.69) is 4.98 Å². The number of allylic oxidation sites excluding steroid dienone is 1. The number of aliphatic hydroxyl groups excluding tert-OH is 1. The Bertz CT molecular complexity index is 420. The van der Waals surface area contributed by atoms with E-state index >= 15 is 0 Å². The maximum Gasteiger partial charge on any atom is 0.154 e. The van der Waals surface area contributed by atoms with E-state index in [4.69, 9.17) is 27.9 Å². The average molecular weight is 260 g/mol. The standard InChI is InChI=1S/C11H11Cl2NO2/c12-7-5-8(13)10(14-6-7)11(15)9-3-1-2-4-16-9/h3,5-6,11,15H,1-2,4H2. The van der Waals surface area contributed by atoms with Crippen LogP contribution in [0, 0.1) is 0 Å². The first-order chi connectivity index (χ1) is 7.68. The van der Waals surface area contributed by atoms with E-state index < -0.39 is 6.10 Å². The number of rotatable bonds is 2. The first-order valence-corrected chi connectivity index (χ1v) is 5.76. The van der Waals surface area contributed by atoms with Gasteiger partial charge in [-0.25, -0.2) is 0 Å². The smallest absolute Gasteiger partial charge is 0.154 e. The molecule has 1 aromatic heterocycles. The van der Waals surface area contributed by atoms with Crippen LogP contribution in [-0.4, -0.2) is 16.7 Å². The minimum Gasteiger partial charge on any atom is -0.495 e. The van der Waals surface area contributed by atoms with E-state index in [1.54, 1.807) is 6.07 Å². The zero-order valence-corrected chi connectivity index (χ0v) is 10.0. The Kier molecular flexibility index (Phi) is 3.69. The minimum atomic E-state index is -0.912. The normalized spacial score (nSPS) is 17.6. The van der Waals surface area contributed by atoms with Crippen LogP contribution in [0.15, 0.2) is 24.1 Å². The Labute approximate surface area is 104 Å². The molecule has 1 unspecified atom stereocenters. The number of ether oxygens (including phenoxy) is 1. The van der Waals surface area contributed by atoms with Crippen molar-refractivity contribution in [1.82, 2.24) is 4.98 Å². The largest absolute Gasteiger partial charge is 0.495 e. The lowest BCUT2D eigenvalue weighted by Gasteiger charge is -2.20. The van der Waals surface area contributed by atoms with E-state index in [9.17, 15) is 5.11 Å². The molecule has 0 saturated carbocycles. The van der Waals surface area contributed by atoms with Crippen LogP contribution in [0.3, 0.4) is 0 Å². The Hall–Kier alpha value is -0.770. The van der Waals surface area contributed by atoms with Gasteiger partial charge in [-0.05, 0) is 25.0 Å². The molecular formula is C11H11Cl2NO2. The van der Waals surface area contributed by atoms with Crippen LogP contribution in [-0.2, 0) is 4.74 Å². The SMILES string of the molecule is OC(C1=CCCCO1)c1ncc(Cl)cc1Cl. The first-order valence-electron chi connectivity index (χ1n) is 5.00. The van der Waals surface area contributed by atoms with Crippen molar-refractivity contribution in [2.45, 2.75) is 18.9 Å². The maximum absolute atomic E-state index is 10.0. The second-order valence-corrected chi connectivity index (χ2v) is 4.36. The molecule has 1 aliphatic heterocycles. The highest BCUT2D eigenvalue weighted by Crippen LogP contribution is 2.30. The summed E-state index contributed by atoms with van der Waals surface area (Å²) in [6.45, 7) is 0.619. The molecule has 5 heteroatoms. The average Bonchev–Trinajstić information content (AvgIpc) is 2.29. The number of nitrogens with zero attached hydrogens (tertiary/aromatic N) is 1. The molecule has 0 radical (unpaired) electrons. The van der Waals surface area contributed by atoms with Gasteiger partial charge >= 0.3 is 0 Å². The number of halogens is 2. The predicted octanol–water partition coefficient (Wildman–Crippen LogP) is 3.12. The number of aliphatic hydroxyl groups is 1. The third-order valence-electron chi connectivity index (χ3n) is 2.33. The van der Waals surface area contributed by atoms with Crippen molar-refractivity contribution in [3.05, 3.63) is 39.8 Å². The lowest BCUT2D eigenvalue weighted by atomic mass is 10.1. The molecule has 0 bridgehead atoms.